The number of anilines is 2. The minimum Gasteiger partial charge on any atom is -0.467 e. The second-order valence-corrected chi connectivity index (χ2v) is 7.89. The Morgan fingerprint density at radius 3 is 2.47 bits per heavy atom. The predicted octanol–water partition coefficient (Wildman–Crippen LogP) is 3.66. The fourth-order valence-electron chi connectivity index (χ4n) is 3.42. The van der Waals surface area contributed by atoms with E-state index in [9.17, 15) is 14.4 Å². The number of nitrogen functional groups attached to an aromatic ring is 1. The molecule has 4 rings (SSSR count). The smallest absolute Gasteiger partial charge is 0.330 e. The Balaban J connectivity index is 1.75. The first-order valence-electron chi connectivity index (χ1n) is 10.4. The van der Waals surface area contributed by atoms with Crippen molar-refractivity contribution in [2.45, 2.75) is 13.1 Å². The number of carbonyl (C=O) groups excluding carboxylic acids is 1. The lowest BCUT2D eigenvalue weighted by Gasteiger charge is -2.22. The van der Waals surface area contributed by atoms with Crippen LogP contribution in [0.4, 0.5) is 11.5 Å². The molecule has 0 saturated heterocycles. The SMILES string of the molecule is Nc1c(N(Cc2ccco2)C(=O)C=Cc2ccc(Cl)cc2)c(=O)[nH]c(=O)n1Cc1ccccc1. The van der Waals surface area contributed by atoms with Gasteiger partial charge >= 0.3 is 5.69 Å². The maximum Gasteiger partial charge on any atom is 0.330 e. The average Bonchev–Trinajstić information content (AvgIpc) is 3.34. The molecular formula is C25H21ClN4O4. The van der Waals surface area contributed by atoms with E-state index in [1.165, 1.54) is 21.8 Å². The number of nitrogens with zero attached hydrogens (tertiary/aromatic N) is 2. The van der Waals surface area contributed by atoms with Gasteiger partial charge in [-0.2, -0.15) is 0 Å². The topological polar surface area (TPSA) is 114 Å². The summed E-state index contributed by atoms with van der Waals surface area (Å²) in [6, 6.07) is 19.4. The van der Waals surface area contributed by atoms with Gasteiger partial charge in [-0.05, 0) is 41.5 Å². The largest absolute Gasteiger partial charge is 0.467 e. The van der Waals surface area contributed by atoms with E-state index in [0.717, 1.165) is 11.1 Å². The third kappa shape index (κ3) is 5.19. The van der Waals surface area contributed by atoms with Crippen LogP contribution in [0, 0.1) is 0 Å². The maximum absolute atomic E-state index is 13.2. The minimum atomic E-state index is -0.772. The molecule has 2 aromatic carbocycles. The number of aromatic amines is 1. The molecule has 3 N–H and O–H groups in total. The van der Waals surface area contributed by atoms with Gasteiger partial charge in [-0.1, -0.05) is 54.1 Å². The van der Waals surface area contributed by atoms with Crippen molar-refractivity contribution in [2.75, 3.05) is 10.6 Å². The molecule has 8 nitrogen and oxygen atoms in total. The number of H-pyrrole nitrogens is 1. The van der Waals surface area contributed by atoms with Crippen molar-refractivity contribution in [1.29, 1.82) is 0 Å². The highest BCUT2D eigenvalue weighted by Gasteiger charge is 2.24. The highest BCUT2D eigenvalue weighted by Crippen LogP contribution is 2.21. The van der Waals surface area contributed by atoms with E-state index in [-0.39, 0.29) is 24.6 Å². The average molecular weight is 477 g/mol. The van der Waals surface area contributed by atoms with Gasteiger partial charge in [0.25, 0.3) is 11.5 Å². The first-order chi connectivity index (χ1) is 16.4. The summed E-state index contributed by atoms with van der Waals surface area (Å²) in [6.45, 7) is 0.0618. The quantitative estimate of drug-likeness (QED) is 0.395. The molecule has 0 saturated carbocycles. The molecule has 0 radical (unpaired) electrons. The lowest BCUT2D eigenvalue weighted by atomic mass is 10.2. The number of amides is 1. The number of hydrogen-bond acceptors (Lipinski definition) is 5. The number of rotatable bonds is 7. The number of hydrogen-bond donors (Lipinski definition) is 2. The molecule has 0 aliphatic carbocycles. The van der Waals surface area contributed by atoms with E-state index >= 15 is 0 Å². The molecule has 0 bridgehead atoms. The van der Waals surface area contributed by atoms with Gasteiger partial charge in [0.15, 0.2) is 5.69 Å². The van der Waals surface area contributed by atoms with Gasteiger partial charge in [0.05, 0.1) is 19.4 Å². The molecule has 172 valence electrons. The third-order valence-corrected chi connectivity index (χ3v) is 5.37. The summed E-state index contributed by atoms with van der Waals surface area (Å²) >= 11 is 5.92. The van der Waals surface area contributed by atoms with Gasteiger partial charge in [0.1, 0.15) is 11.6 Å². The molecule has 2 aromatic heterocycles. The molecule has 34 heavy (non-hydrogen) atoms. The first kappa shape index (κ1) is 22.9. The number of nitrogens with one attached hydrogen (secondary N) is 1. The molecule has 0 fully saturated rings. The molecule has 0 aliphatic heterocycles. The van der Waals surface area contributed by atoms with Gasteiger partial charge in [-0.15, -0.1) is 0 Å². The van der Waals surface area contributed by atoms with Gasteiger partial charge < -0.3 is 10.2 Å². The summed E-state index contributed by atoms with van der Waals surface area (Å²) in [6.07, 6.45) is 4.38. The zero-order valence-electron chi connectivity index (χ0n) is 18.0. The van der Waals surface area contributed by atoms with E-state index < -0.39 is 17.2 Å². The fourth-order valence-corrected chi connectivity index (χ4v) is 3.54. The van der Waals surface area contributed by atoms with E-state index in [2.05, 4.69) is 4.98 Å². The Hall–Kier alpha value is -4.30. The van der Waals surface area contributed by atoms with Crippen LogP contribution in [0.15, 0.2) is 93.1 Å². The van der Waals surface area contributed by atoms with Crippen LogP contribution in [0.3, 0.4) is 0 Å². The lowest BCUT2D eigenvalue weighted by Crippen LogP contribution is -2.40. The molecular weight excluding hydrogens is 456 g/mol. The number of nitrogens with two attached hydrogens (primary N) is 1. The molecule has 0 spiro atoms. The van der Waals surface area contributed by atoms with E-state index in [4.69, 9.17) is 21.8 Å². The highest BCUT2D eigenvalue weighted by atomic mass is 35.5. The number of carbonyl (C=O) groups is 1. The van der Waals surface area contributed by atoms with Crippen LogP contribution in [-0.2, 0) is 17.9 Å². The molecule has 0 unspecified atom stereocenters. The Morgan fingerprint density at radius 2 is 1.79 bits per heavy atom. The van der Waals surface area contributed by atoms with Crippen LogP contribution in [0.1, 0.15) is 16.9 Å². The van der Waals surface area contributed by atoms with Gasteiger partial charge in [-0.3, -0.25) is 24.0 Å². The minimum absolute atomic E-state index is 0.0619. The predicted molar refractivity (Wildman–Crippen MR) is 132 cm³/mol. The number of furan rings is 1. The Morgan fingerprint density at radius 1 is 1.06 bits per heavy atom. The summed E-state index contributed by atoms with van der Waals surface area (Å²) in [5.41, 5.74) is 6.27. The summed E-state index contributed by atoms with van der Waals surface area (Å²) in [4.78, 5) is 42.1. The lowest BCUT2D eigenvalue weighted by molar-refractivity contribution is -0.114. The third-order valence-electron chi connectivity index (χ3n) is 5.12. The second kappa shape index (κ2) is 10.1. The number of aromatic nitrogens is 2. The Bertz CT molecular complexity index is 1420. The molecule has 0 aliphatic rings. The normalized spacial score (nSPS) is 11.1. The number of benzene rings is 2. The van der Waals surface area contributed by atoms with Gasteiger partial charge in [0, 0.05) is 11.1 Å². The Kier molecular flexibility index (Phi) is 6.79. The van der Waals surface area contributed by atoms with Crippen molar-refractivity contribution >= 4 is 35.1 Å². The fraction of sp³-hybridized carbons (Fsp3) is 0.0800. The highest BCUT2D eigenvalue weighted by molar-refractivity contribution is 6.30. The molecule has 0 atom stereocenters. The summed E-state index contributed by atoms with van der Waals surface area (Å²) in [5, 5.41) is 0.572. The van der Waals surface area contributed by atoms with Crippen LogP contribution >= 0.6 is 11.6 Å². The van der Waals surface area contributed by atoms with Crippen LogP contribution < -0.4 is 21.9 Å². The summed E-state index contributed by atoms with van der Waals surface area (Å²) < 4.78 is 6.61. The molecule has 2 heterocycles. The van der Waals surface area contributed by atoms with Crippen molar-refractivity contribution in [1.82, 2.24) is 9.55 Å². The van der Waals surface area contributed by atoms with Gasteiger partial charge in [-0.25, -0.2) is 4.79 Å². The summed E-state index contributed by atoms with van der Waals surface area (Å²) in [7, 11) is 0. The monoisotopic (exact) mass is 476 g/mol. The zero-order valence-corrected chi connectivity index (χ0v) is 18.7. The Labute approximate surface area is 199 Å². The summed E-state index contributed by atoms with van der Waals surface area (Å²) in [5.74, 6) is -0.210. The van der Waals surface area contributed by atoms with Crippen molar-refractivity contribution in [2.24, 2.45) is 0 Å². The maximum atomic E-state index is 13.2. The van der Waals surface area contributed by atoms with Crippen molar-refractivity contribution in [3.05, 3.63) is 122 Å². The van der Waals surface area contributed by atoms with Crippen LogP contribution in [-0.4, -0.2) is 15.5 Å². The van der Waals surface area contributed by atoms with Crippen molar-refractivity contribution in [3.63, 3.8) is 0 Å². The zero-order chi connectivity index (χ0) is 24.1. The van der Waals surface area contributed by atoms with Crippen molar-refractivity contribution < 1.29 is 9.21 Å². The molecule has 1 amide bonds. The van der Waals surface area contributed by atoms with Crippen LogP contribution in [0.25, 0.3) is 6.08 Å². The van der Waals surface area contributed by atoms with E-state index in [1.807, 2.05) is 30.3 Å². The first-order valence-corrected chi connectivity index (χ1v) is 10.7. The second-order valence-electron chi connectivity index (χ2n) is 7.45. The van der Waals surface area contributed by atoms with E-state index in [1.54, 1.807) is 42.5 Å². The molecule has 4 aromatic rings. The standard InChI is InChI=1S/C25H21ClN4O4/c26-19-11-8-17(9-12-19)10-13-21(31)29(16-20-7-4-14-34-20)22-23(27)30(25(33)28-24(22)32)15-18-5-2-1-3-6-18/h1-14H,15-16,27H2,(H,28,32,33). The van der Waals surface area contributed by atoms with E-state index in [0.29, 0.717) is 10.8 Å². The van der Waals surface area contributed by atoms with Crippen LogP contribution in [0.5, 0.6) is 0 Å². The molecule has 9 heteroatoms. The van der Waals surface area contributed by atoms with Crippen molar-refractivity contribution in [3.8, 4) is 0 Å². The van der Waals surface area contributed by atoms with Gasteiger partial charge in [0.2, 0.25) is 0 Å². The van der Waals surface area contributed by atoms with Crippen LogP contribution in [0.2, 0.25) is 5.02 Å². The number of halogens is 1.